The molecule has 1 aromatic rings. The van der Waals surface area contributed by atoms with E-state index in [0.29, 0.717) is 5.88 Å². The van der Waals surface area contributed by atoms with Gasteiger partial charge >= 0.3 is 0 Å². The summed E-state index contributed by atoms with van der Waals surface area (Å²) in [6, 6.07) is 8.05. The Morgan fingerprint density at radius 3 is 2.00 bits per heavy atom. The van der Waals surface area contributed by atoms with Crippen LogP contribution in [-0.4, -0.2) is 6.61 Å². The van der Waals surface area contributed by atoms with Gasteiger partial charge in [-0.15, -0.1) is 11.6 Å². The fourth-order valence-corrected chi connectivity index (χ4v) is 2.75. The van der Waals surface area contributed by atoms with Crippen molar-refractivity contribution in [2.45, 2.75) is 77.0 Å². The molecule has 0 fully saturated rings. The van der Waals surface area contributed by atoms with Crippen molar-refractivity contribution in [3.63, 3.8) is 0 Å². The second-order valence-corrected chi connectivity index (χ2v) is 6.04. The van der Waals surface area contributed by atoms with Gasteiger partial charge in [0, 0.05) is 5.56 Å². The Morgan fingerprint density at radius 2 is 1.38 bits per heavy atom. The lowest BCUT2D eigenvalue weighted by Gasteiger charge is -2.09. The minimum absolute atomic E-state index is 0.522. The van der Waals surface area contributed by atoms with Crippen LogP contribution in [0.15, 0.2) is 24.3 Å². The van der Waals surface area contributed by atoms with E-state index in [1.165, 1.54) is 57.8 Å². The smallest absolute Gasteiger partial charge is 0.123 e. The SMILES string of the molecule is CCCCCCCCCCCCOc1ccccc1CCl. The summed E-state index contributed by atoms with van der Waals surface area (Å²) in [5, 5.41) is 0. The zero-order valence-corrected chi connectivity index (χ0v) is 14.3. The van der Waals surface area contributed by atoms with Crippen molar-refractivity contribution < 1.29 is 4.74 Å². The molecule has 0 spiro atoms. The van der Waals surface area contributed by atoms with Gasteiger partial charge in [-0.2, -0.15) is 0 Å². The van der Waals surface area contributed by atoms with Gasteiger partial charge in [0.05, 0.1) is 12.5 Å². The minimum Gasteiger partial charge on any atom is -0.493 e. The monoisotopic (exact) mass is 310 g/mol. The molecule has 0 unspecified atom stereocenters. The zero-order valence-electron chi connectivity index (χ0n) is 13.6. The molecule has 0 N–H and O–H groups in total. The maximum absolute atomic E-state index is 5.89. The van der Waals surface area contributed by atoms with Crippen LogP contribution in [0.4, 0.5) is 0 Å². The first-order valence-corrected chi connectivity index (χ1v) is 9.18. The highest BCUT2D eigenvalue weighted by Crippen LogP contribution is 2.20. The molecule has 120 valence electrons. The Hall–Kier alpha value is -0.690. The predicted molar refractivity (Wildman–Crippen MR) is 93.3 cm³/mol. The lowest BCUT2D eigenvalue weighted by molar-refractivity contribution is 0.302. The number of rotatable bonds is 13. The van der Waals surface area contributed by atoms with Crippen LogP contribution in [0.2, 0.25) is 0 Å². The summed E-state index contributed by atoms with van der Waals surface area (Å²) in [6.45, 7) is 3.08. The molecule has 21 heavy (non-hydrogen) atoms. The molecule has 1 rings (SSSR count). The van der Waals surface area contributed by atoms with Crippen LogP contribution in [-0.2, 0) is 5.88 Å². The Bertz CT molecular complexity index is 351. The van der Waals surface area contributed by atoms with Crippen molar-refractivity contribution in [3.8, 4) is 5.75 Å². The van der Waals surface area contributed by atoms with E-state index >= 15 is 0 Å². The largest absolute Gasteiger partial charge is 0.493 e. The molecule has 0 aromatic heterocycles. The molecule has 0 heterocycles. The molecule has 0 saturated heterocycles. The first-order chi connectivity index (χ1) is 10.4. The van der Waals surface area contributed by atoms with Crippen LogP contribution in [0.25, 0.3) is 0 Å². The topological polar surface area (TPSA) is 9.23 Å². The van der Waals surface area contributed by atoms with Gasteiger partial charge in [-0.05, 0) is 12.5 Å². The number of hydrogen-bond donors (Lipinski definition) is 0. The normalized spacial score (nSPS) is 10.8. The van der Waals surface area contributed by atoms with Crippen molar-refractivity contribution in [1.82, 2.24) is 0 Å². The molecule has 0 bridgehead atoms. The van der Waals surface area contributed by atoms with Gasteiger partial charge in [-0.25, -0.2) is 0 Å². The van der Waals surface area contributed by atoms with Crippen molar-refractivity contribution in [3.05, 3.63) is 29.8 Å². The molecule has 0 aliphatic heterocycles. The highest BCUT2D eigenvalue weighted by Gasteiger charge is 2.00. The van der Waals surface area contributed by atoms with E-state index in [4.69, 9.17) is 16.3 Å². The average Bonchev–Trinajstić information content (AvgIpc) is 2.53. The van der Waals surface area contributed by atoms with Crippen LogP contribution >= 0.6 is 11.6 Å². The summed E-state index contributed by atoms with van der Waals surface area (Å²) >= 11 is 5.89. The lowest BCUT2D eigenvalue weighted by atomic mass is 10.1. The summed E-state index contributed by atoms with van der Waals surface area (Å²) in [7, 11) is 0. The number of unbranched alkanes of at least 4 members (excludes halogenated alkanes) is 9. The van der Waals surface area contributed by atoms with E-state index in [1.54, 1.807) is 0 Å². The Balaban J connectivity index is 1.93. The highest BCUT2D eigenvalue weighted by atomic mass is 35.5. The van der Waals surface area contributed by atoms with Gasteiger partial charge in [0.25, 0.3) is 0 Å². The number of halogens is 1. The van der Waals surface area contributed by atoms with Crippen molar-refractivity contribution in [2.24, 2.45) is 0 Å². The Morgan fingerprint density at radius 1 is 0.810 bits per heavy atom. The molecule has 0 atom stereocenters. The Kier molecular flexibility index (Phi) is 11.4. The van der Waals surface area contributed by atoms with Crippen LogP contribution in [0.5, 0.6) is 5.75 Å². The van der Waals surface area contributed by atoms with E-state index in [2.05, 4.69) is 6.92 Å². The summed E-state index contributed by atoms with van der Waals surface area (Å²) < 4.78 is 5.82. The van der Waals surface area contributed by atoms with Gasteiger partial charge in [0.2, 0.25) is 0 Å². The zero-order chi connectivity index (χ0) is 15.2. The quantitative estimate of drug-likeness (QED) is 0.290. The lowest BCUT2D eigenvalue weighted by Crippen LogP contribution is -1.99. The third-order valence-corrected chi connectivity index (χ3v) is 4.16. The standard InChI is InChI=1S/C19H31ClO/c1-2-3-4-5-6-7-8-9-10-13-16-21-19-15-12-11-14-18(19)17-20/h11-12,14-15H,2-10,13,16-17H2,1H3. The molecular weight excluding hydrogens is 280 g/mol. The van der Waals surface area contributed by atoms with Crippen LogP contribution in [0.3, 0.4) is 0 Å². The molecule has 0 saturated carbocycles. The van der Waals surface area contributed by atoms with Gasteiger partial charge in [-0.1, -0.05) is 82.9 Å². The van der Waals surface area contributed by atoms with Gasteiger partial charge < -0.3 is 4.74 Å². The molecular formula is C19H31ClO. The van der Waals surface area contributed by atoms with Crippen molar-refractivity contribution in [2.75, 3.05) is 6.61 Å². The van der Waals surface area contributed by atoms with E-state index < -0.39 is 0 Å². The fraction of sp³-hybridized carbons (Fsp3) is 0.684. The second-order valence-electron chi connectivity index (χ2n) is 5.77. The van der Waals surface area contributed by atoms with Crippen LogP contribution in [0, 0.1) is 0 Å². The summed E-state index contributed by atoms with van der Waals surface area (Å²) in [6.07, 6.45) is 13.5. The number of ether oxygens (including phenoxy) is 1. The van der Waals surface area contributed by atoms with Crippen molar-refractivity contribution in [1.29, 1.82) is 0 Å². The first-order valence-electron chi connectivity index (χ1n) is 8.65. The molecule has 0 aliphatic rings. The molecule has 1 nitrogen and oxygen atoms in total. The third kappa shape index (κ3) is 9.03. The first kappa shape index (κ1) is 18.4. The van der Waals surface area contributed by atoms with Crippen molar-refractivity contribution >= 4 is 11.6 Å². The van der Waals surface area contributed by atoms with E-state index in [0.717, 1.165) is 24.3 Å². The predicted octanol–water partition coefficient (Wildman–Crippen LogP) is 6.73. The van der Waals surface area contributed by atoms with Gasteiger partial charge in [0.15, 0.2) is 0 Å². The van der Waals surface area contributed by atoms with E-state index in [1.807, 2.05) is 24.3 Å². The van der Waals surface area contributed by atoms with E-state index in [9.17, 15) is 0 Å². The second kappa shape index (κ2) is 13.0. The average molecular weight is 311 g/mol. The van der Waals surface area contributed by atoms with Gasteiger partial charge in [-0.3, -0.25) is 0 Å². The highest BCUT2D eigenvalue weighted by molar-refractivity contribution is 6.17. The van der Waals surface area contributed by atoms with E-state index in [-0.39, 0.29) is 0 Å². The summed E-state index contributed by atoms with van der Waals surface area (Å²) in [5.41, 5.74) is 1.09. The minimum atomic E-state index is 0.522. The number of hydrogen-bond acceptors (Lipinski definition) is 1. The number of benzene rings is 1. The van der Waals surface area contributed by atoms with Crippen LogP contribution < -0.4 is 4.74 Å². The number of alkyl halides is 1. The summed E-state index contributed by atoms with van der Waals surface area (Å²) in [4.78, 5) is 0. The van der Waals surface area contributed by atoms with Gasteiger partial charge in [0.1, 0.15) is 5.75 Å². The fourth-order valence-electron chi connectivity index (χ4n) is 2.53. The maximum Gasteiger partial charge on any atom is 0.123 e. The summed E-state index contributed by atoms with van der Waals surface area (Å²) in [5.74, 6) is 1.47. The van der Waals surface area contributed by atoms with Crippen LogP contribution in [0.1, 0.15) is 76.7 Å². The Labute approximate surface area is 136 Å². The molecule has 0 aliphatic carbocycles. The molecule has 1 aromatic carbocycles. The molecule has 0 amide bonds. The molecule has 2 heteroatoms. The third-order valence-electron chi connectivity index (χ3n) is 3.87. The number of para-hydroxylation sites is 1. The molecule has 0 radical (unpaired) electrons. The maximum atomic E-state index is 5.89.